The second-order valence-corrected chi connectivity index (χ2v) is 7.13. The molecule has 2 rings (SSSR count). The first-order chi connectivity index (χ1) is 11.3. The van der Waals surface area contributed by atoms with E-state index >= 15 is 0 Å². The zero-order valence-electron chi connectivity index (χ0n) is 12.7. The van der Waals surface area contributed by atoms with Crippen LogP contribution in [0.2, 0.25) is 5.02 Å². The van der Waals surface area contributed by atoms with Crippen LogP contribution in [-0.4, -0.2) is 30.3 Å². The van der Waals surface area contributed by atoms with E-state index in [1.807, 2.05) is 0 Å². The van der Waals surface area contributed by atoms with E-state index < -0.39 is 15.8 Å². The van der Waals surface area contributed by atoms with Gasteiger partial charge in [-0.05, 0) is 29.8 Å². The van der Waals surface area contributed by atoms with E-state index in [-0.39, 0.29) is 34.5 Å². The maximum atomic E-state index is 13.1. The third-order valence-corrected chi connectivity index (χ3v) is 4.70. The lowest BCUT2D eigenvalue weighted by atomic mass is 10.3. The van der Waals surface area contributed by atoms with Crippen molar-refractivity contribution in [2.75, 3.05) is 5.75 Å². The molecule has 2 aromatic rings. The highest BCUT2D eigenvalue weighted by atomic mass is 35.5. The molecule has 11 heteroatoms. The van der Waals surface area contributed by atoms with Crippen molar-refractivity contribution in [1.29, 1.82) is 0 Å². The molecule has 0 saturated carbocycles. The van der Waals surface area contributed by atoms with Crippen molar-refractivity contribution < 1.29 is 17.4 Å². The first-order valence-electron chi connectivity index (χ1n) is 6.90. The van der Waals surface area contributed by atoms with Crippen molar-refractivity contribution in [1.82, 2.24) is 15.0 Å². The molecule has 0 radical (unpaired) electrons. The number of hydrogen-bond donors (Lipinski definition) is 2. The lowest BCUT2D eigenvalue weighted by molar-refractivity contribution is 0.302. The number of nitrogens with one attached hydrogen (secondary N) is 1. The van der Waals surface area contributed by atoms with Crippen LogP contribution in [-0.2, 0) is 16.6 Å². The number of halogens is 2. The molecule has 0 unspecified atom stereocenters. The molecule has 0 aliphatic heterocycles. The maximum absolute atomic E-state index is 13.1. The molecule has 0 saturated heterocycles. The molecule has 1 aromatic carbocycles. The van der Waals surface area contributed by atoms with E-state index in [0.29, 0.717) is 12.1 Å². The number of amidine groups is 1. The number of sulfonamides is 1. The van der Waals surface area contributed by atoms with Crippen LogP contribution in [0.1, 0.15) is 24.7 Å². The zero-order valence-corrected chi connectivity index (χ0v) is 14.2. The number of rotatable bonds is 7. The predicted octanol–water partition coefficient (Wildman–Crippen LogP) is 1.73. The molecule has 0 bridgehead atoms. The van der Waals surface area contributed by atoms with Gasteiger partial charge in [-0.1, -0.05) is 23.7 Å². The van der Waals surface area contributed by atoms with E-state index in [0.717, 1.165) is 6.07 Å². The molecule has 0 aliphatic rings. The molecule has 8 nitrogen and oxygen atoms in total. The third kappa shape index (κ3) is 4.73. The van der Waals surface area contributed by atoms with Gasteiger partial charge < -0.3 is 5.73 Å². The summed E-state index contributed by atoms with van der Waals surface area (Å²) in [6.45, 7) is 1.61. The van der Waals surface area contributed by atoms with E-state index in [1.165, 1.54) is 12.1 Å². The van der Waals surface area contributed by atoms with Gasteiger partial charge in [-0.25, -0.2) is 27.2 Å². The number of aliphatic imine (C=N–C) groups is 1. The van der Waals surface area contributed by atoms with Crippen molar-refractivity contribution in [3.05, 3.63) is 40.4 Å². The number of nitrogens with zero attached hydrogens (tertiary/aromatic N) is 3. The van der Waals surface area contributed by atoms with Crippen LogP contribution < -0.4 is 10.5 Å². The van der Waals surface area contributed by atoms with Crippen LogP contribution in [0.3, 0.4) is 0 Å². The normalized spacial score (nSPS) is 12.5. The summed E-state index contributed by atoms with van der Waals surface area (Å²) in [5, 5.41) is 7.13. The quantitative estimate of drug-likeness (QED) is 0.561. The van der Waals surface area contributed by atoms with Gasteiger partial charge in [0.2, 0.25) is 10.0 Å². The molecule has 1 heterocycles. The predicted molar refractivity (Wildman–Crippen MR) is 87.0 cm³/mol. The second kappa shape index (κ2) is 7.69. The van der Waals surface area contributed by atoms with Gasteiger partial charge >= 0.3 is 0 Å². The summed E-state index contributed by atoms with van der Waals surface area (Å²) in [7, 11) is -3.42. The smallest absolute Gasteiger partial charge is 0.211 e. The summed E-state index contributed by atoms with van der Waals surface area (Å²) in [5.41, 5.74) is 6.41. The Morgan fingerprint density at radius 3 is 2.88 bits per heavy atom. The number of hydrogen-bond acceptors (Lipinski definition) is 6. The van der Waals surface area contributed by atoms with Gasteiger partial charge in [-0.15, -0.1) is 0 Å². The molecule has 24 heavy (non-hydrogen) atoms. The van der Waals surface area contributed by atoms with E-state index in [1.54, 1.807) is 6.92 Å². The van der Waals surface area contributed by atoms with Gasteiger partial charge in [0.05, 0.1) is 23.0 Å². The van der Waals surface area contributed by atoms with Gasteiger partial charge in [0.25, 0.3) is 0 Å². The maximum Gasteiger partial charge on any atom is 0.211 e. The minimum Gasteiger partial charge on any atom is -0.382 e. The first-order valence-corrected chi connectivity index (χ1v) is 8.93. The van der Waals surface area contributed by atoms with Crippen LogP contribution in [0.15, 0.2) is 27.8 Å². The number of aromatic nitrogens is 2. The second-order valence-electron chi connectivity index (χ2n) is 4.79. The Kier molecular flexibility index (Phi) is 5.86. The van der Waals surface area contributed by atoms with Crippen LogP contribution in [0.4, 0.5) is 10.1 Å². The summed E-state index contributed by atoms with van der Waals surface area (Å²) in [5.74, 6) is -0.655. The standard InChI is InChI=1S/C13H15ClFN5O3S/c1-2-5-24(21,22)17-7-11-12(20-23-19-11)13(16)18-8-3-4-10(15)9(14)6-8/h3-4,6,17H,2,5,7H2,1H3,(H2,16,18). The SMILES string of the molecule is CCCS(=O)(=O)NCc1nonc1C(N)=Nc1ccc(F)c(Cl)c1. The Labute approximate surface area is 142 Å². The molecular formula is C13H15ClFN5O3S. The fourth-order valence-corrected chi connectivity index (χ4v) is 3.00. The van der Waals surface area contributed by atoms with Crippen LogP contribution in [0, 0.1) is 5.82 Å². The number of nitrogens with two attached hydrogens (primary N) is 1. The summed E-state index contributed by atoms with van der Waals surface area (Å²) in [6.07, 6.45) is 0.480. The number of benzene rings is 1. The average Bonchev–Trinajstić information content (AvgIpc) is 2.98. The highest BCUT2D eigenvalue weighted by Crippen LogP contribution is 2.22. The van der Waals surface area contributed by atoms with Gasteiger partial charge in [-0.3, -0.25) is 0 Å². The molecule has 0 spiro atoms. The van der Waals surface area contributed by atoms with Crippen molar-refractivity contribution in [3.8, 4) is 0 Å². The Morgan fingerprint density at radius 2 is 2.21 bits per heavy atom. The Morgan fingerprint density at radius 1 is 1.46 bits per heavy atom. The molecule has 1 aromatic heterocycles. The Balaban J connectivity index is 2.19. The van der Waals surface area contributed by atoms with E-state index in [9.17, 15) is 12.8 Å². The summed E-state index contributed by atoms with van der Waals surface area (Å²) >= 11 is 5.67. The lowest BCUT2D eigenvalue weighted by Gasteiger charge is -2.04. The van der Waals surface area contributed by atoms with Gasteiger partial charge in [0.1, 0.15) is 11.5 Å². The zero-order chi connectivity index (χ0) is 17.7. The van der Waals surface area contributed by atoms with Crippen molar-refractivity contribution in [2.45, 2.75) is 19.9 Å². The van der Waals surface area contributed by atoms with Crippen LogP contribution in [0.5, 0.6) is 0 Å². The Hall–Kier alpha value is -2.04. The average molecular weight is 376 g/mol. The molecule has 3 N–H and O–H groups in total. The molecule has 0 atom stereocenters. The van der Waals surface area contributed by atoms with Crippen molar-refractivity contribution in [2.24, 2.45) is 10.7 Å². The minimum absolute atomic E-state index is 0.00867. The monoisotopic (exact) mass is 375 g/mol. The van der Waals surface area contributed by atoms with E-state index in [4.69, 9.17) is 17.3 Å². The lowest BCUT2D eigenvalue weighted by Crippen LogP contribution is -2.27. The fraction of sp³-hybridized carbons (Fsp3) is 0.308. The fourth-order valence-electron chi connectivity index (χ4n) is 1.78. The van der Waals surface area contributed by atoms with Crippen molar-refractivity contribution >= 4 is 33.1 Å². The first kappa shape index (κ1) is 18.3. The van der Waals surface area contributed by atoms with E-state index in [2.05, 4.69) is 24.7 Å². The molecule has 0 fully saturated rings. The minimum atomic E-state index is -3.42. The highest BCUT2D eigenvalue weighted by Gasteiger charge is 2.17. The molecule has 0 amide bonds. The molecule has 130 valence electrons. The highest BCUT2D eigenvalue weighted by molar-refractivity contribution is 7.89. The largest absolute Gasteiger partial charge is 0.382 e. The summed E-state index contributed by atoms with van der Waals surface area (Å²) in [6, 6.07) is 3.82. The Bertz CT molecular complexity index is 853. The van der Waals surface area contributed by atoms with Gasteiger partial charge in [0.15, 0.2) is 11.5 Å². The molecule has 0 aliphatic carbocycles. The topological polar surface area (TPSA) is 123 Å². The summed E-state index contributed by atoms with van der Waals surface area (Å²) < 4.78 is 43.4. The van der Waals surface area contributed by atoms with Crippen LogP contribution >= 0.6 is 11.6 Å². The van der Waals surface area contributed by atoms with Crippen molar-refractivity contribution in [3.63, 3.8) is 0 Å². The summed E-state index contributed by atoms with van der Waals surface area (Å²) in [4.78, 5) is 4.05. The third-order valence-electron chi connectivity index (χ3n) is 2.88. The van der Waals surface area contributed by atoms with Gasteiger partial charge in [0, 0.05) is 0 Å². The molecular weight excluding hydrogens is 361 g/mol. The van der Waals surface area contributed by atoms with Crippen LogP contribution in [0.25, 0.3) is 0 Å². The van der Waals surface area contributed by atoms with Gasteiger partial charge in [-0.2, -0.15) is 0 Å².